The highest BCUT2D eigenvalue weighted by Crippen LogP contribution is 2.25. The van der Waals surface area contributed by atoms with Crippen molar-refractivity contribution in [2.75, 3.05) is 13.7 Å². The Morgan fingerprint density at radius 2 is 2.16 bits per heavy atom. The molecule has 0 fully saturated rings. The number of ether oxygens (including phenoxy) is 1. The van der Waals surface area contributed by atoms with E-state index < -0.39 is 5.82 Å². The number of nitrogens with zero attached hydrogens (tertiary/aromatic N) is 1. The number of pyridine rings is 1. The van der Waals surface area contributed by atoms with Crippen molar-refractivity contribution in [3.8, 4) is 5.75 Å². The molecule has 4 heteroatoms. The number of hydrogen-bond donors (Lipinski definition) is 1. The van der Waals surface area contributed by atoms with Gasteiger partial charge in [0.15, 0.2) is 11.6 Å². The van der Waals surface area contributed by atoms with Crippen LogP contribution in [0.25, 0.3) is 0 Å². The third kappa shape index (κ3) is 3.29. The van der Waals surface area contributed by atoms with Crippen LogP contribution in [-0.4, -0.2) is 23.8 Å². The molecular weight excluding hydrogens is 245 g/mol. The van der Waals surface area contributed by atoms with Gasteiger partial charge in [-0.25, -0.2) is 4.39 Å². The highest BCUT2D eigenvalue weighted by Gasteiger charge is 2.14. The van der Waals surface area contributed by atoms with Gasteiger partial charge in [-0.05, 0) is 36.2 Å². The SMILES string of the molecule is COc1ccc(C(CO)Cc2ccccn2)cc1F. The summed E-state index contributed by atoms with van der Waals surface area (Å²) < 4.78 is 18.5. The normalized spacial score (nSPS) is 12.2. The Kier molecular flexibility index (Phi) is 4.47. The fourth-order valence-electron chi connectivity index (χ4n) is 2.00. The number of rotatable bonds is 5. The van der Waals surface area contributed by atoms with E-state index in [-0.39, 0.29) is 18.3 Å². The van der Waals surface area contributed by atoms with Gasteiger partial charge in [0, 0.05) is 17.8 Å². The summed E-state index contributed by atoms with van der Waals surface area (Å²) in [6.07, 6.45) is 2.28. The van der Waals surface area contributed by atoms with Crippen molar-refractivity contribution in [1.29, 1.82) is 0 Å². The molecule has 1 aromatic carbocycles. The van der Waals surface area contributed by atoms with Crippen LogP contribution in [0.3, 0.4) is 0 Å². The van der Waals surface area contributed by atoms with Gasteiger partial charge in [0.1, 0.15) is 0 Å². The number of halogens is 1. The molecule has 0 radical (unpaired) electrons. The fraction of sp³-hybridized carbons (Fsp3) is 0.267. The first kappa shape index (κ1) is 13.5. The van der Waals surface area contributed by atoms with Crippen LogP contribution in [0.15, 0.2) is 42.6 Å². The average Bonchev–Trinajstić information content (AvgIpc) is 2.46. The number of methoxy groups -OCH3 is 1. The van der Waals surface area contributed by atoms with Crippen LogP contribution in [0, 0.1) is 5.82 Å². The molecule has 0 aliphatic heterocycles. The van der Waals surface area contributed by atoms with Crippen LogP contribution in [-0.2, 0) is 6.42 Å². The highest BCUT2D eigenvalue weighted by atomic mass is 19.1. The van der Waals surface area contributed by atoms with Crippen LogP contribution in [0.5, 0.6) is 5.75 Å². The molecule has 100 valence electrons. The van der Waals surface area contributed by atoms with Gasteiger partial charge in [0.25, 0.3) is 0 Å². The number of aliphatic hydroxyl groups excluding tert-OH is 1. The van der Waals surface area contributed by atoms with Crippen molar-refractivity contribution in [1.82, 2.24) is 4.98 Å². The van der Waals surface area contributed by atoms with Gasteiger partial charge in [0.05, 0.1) is 13.7 Å². The largest absolute Gasteiger partial charge is 0.494 e. The lowest BCUT2D eigenvalue weighted by atomic mass is 9.94. The number of aromatic nitrogens is 1. The van der Waals surface area contributed by atoms with Crippen molar-refractivity contribution in [3.05, 3.63) is 59.7 Å². The van der Waals surface area contributed by atoms with Crippen molar-refractivity contribution in [2.45, 2.75) is 12.3 Å². The predicted molar refractivity (Wildman–Crippen MR) is 70.7 cm³/mol. The van der Waals surface area contributed by atoms with Crippen molar-refractivity contribution < 1.29 is 14.2 Å². The molecule has 19 heavy (non-hydrogen) atoms. The maximum absolute atomic E-state index is 13.7. The third-order valence-electron chi connectivity index (χ3n) is 3.05. The summed E-state index contributed by atoms with van der Waals surface area (Å²) in [7, 11) is 1.43. The zero-order chi connectivity index (χ0) is 13.7. The summed E-state index contributed by atoms with van der Waals surface area (Å²) >= 11 is 0. The summed E-state index contributed by atoms with van der Waals surface area (Å²) in [5.74, 6) is -0.381. The quantitative estimate of drug-likeness (QED) is 0.899. The van der Waals surface area contributed by atoms with Crippen molar-refractivity contribution in [3.63, 3.8) is 0 Å². The van der Waals surface area contributed by atoms with Crippen LogP contribution in [0.2, 0.25) is 0 Å². The molecule has 0 saturated carbocycles. The highest BCUT2D eigenvalue weighted by molar-refractivity contribution is 5.32. The Labute approximate surface area is 111 Å². The summed E-state index contributed by atoms with van der Waals surface area (Å²) in [5, 5.41) is 9.48. The second-order valence-corrected chi connectivity index (χ2v) is 4.30. The second kappa shape index (κ2) is 6.29. The fourth-order valence-corrected chi connectivity index (χ4v) is 2.00. The monoisotopic (exact) mass is 261 g/mol. The third-order valence-corrected chi connectivity index (χ3v) is 3.05. The van der Waals surface area contributed by atoms with Crippen LogP contribution < -0.4 is 4.74 Å². The van der Waals surface area contributed by atoms with E-state index in [1.54, 1.807) is 18.3 Å². The maximum atomic E-state index is 13.7. The summed E-state index contributed by atoms with van der Waals surface area (Å²) in [5.41, 5.74) is 1.62. The van der Waals surface area contributed by atoms with Crippen molar-refractivity contribution >= 4 is 0 Å². The minimum Gasteiger partial charge on any atom is -0.494 e. The van der Waals surface area contributed by atoms with Gasteiger partial charge >= 0.3 is 0 Å². The van der Waals surface area contributed by atoms with E-state index in [9.17, 15) is 9.50 Å². The van der Waals surface area contributed by atoms with E-state index in [2.05, 4.69) is 4.98 Å². The molecule has 0 bridgehead atoms. The minimum absolute atomic E-state index is 0.0532. The lowest BCUT2D eigenvalue weighted by Crippen LogP contribution is -2.09. The second-order valence-electron chi connectivity index (χ2n) is 4.30. The van der Waals surface area contributed by atoms with Gasteiger partial charge in [0.2, 0.25) is 0 Å². The summed E-state index contributed by atoms with van der Waals surface area (Å²) in [6.45, 7) is -0.0532. The molecule has 1 N–H and O–H groups in total. The summed E-state index contributed by atoms with van der Waals surface area (Å²) in [6, 6.07) is 10.4. The number of aliphatic hydroxyl groups is 1. The first-order valence-corrected chi connectivity index (χ1v) is 6.08. The Hall–Kier alpha value is -1.94. The number of hydrogen-bond acceptors (Lipinski definition) is 3. The molecule has 0 aliphatic rings. The Morgan fingerprint density at radius 3 is 2.74 bits per heavy atom. The lowest BCUT2D eigenvalue weighted by molar-refractivity contribution is 0.263. The maximum Gasteiger partial charge on any atom is 0.165 e. The lowest BCUT2D eigenvalue weighted by Gasteiger charge is -2.15. The van der Waals surface area contributed by atoms with Gasteiger partial charge in [-0.2, -0.15) is 0 Å². The van der Waals surface area contributed by atoms with E-state index in [1.165, 1.54) is 13.2 Å². The molecule has 1 atom stereocenters. The standard InChI is InChI=1S/C15H16FNO2/c1-19-15-6-5-11(9-14(15)16)12(10-18)8-13-4-2-3-7-17-13/h2-7,9,12,18H,8,10H2,1H3. The zero-order valence-electron chi connectivity index (χ0n) is 10.7. The molecule has 0 amide bonds. The van der Waals surface area contributed by atoms with Gasteiger partial charge in [-0.1, -0.05) is 12.1 Å². The molecule has 1 unspecified atom stereocenters. The molecule has 0 saturated heterocycles. The van der Waals surface area contributed by atoms with Crippen LogP contribution >= 0.6 is 0 Å². The molecule has 1 aromatic heterocycles. The molecule has 0 spiro atoms. The van der Waals surface area contributed by atoms with Crippen LogP contribution in [0.4, 0.5) is 4.39 Å². The molecule has 0 aliphatic carbocycles. The Morgan fingerprint density at radius 1 is 1.32 bits per heavy atom. The average molecular weight is 261 g/mol. The van der Waals surface area contributed by atoms with Gasteiger partial charge in [-0.3, -0.25) is 4.98 Å². The van der Waals surface area contributed by atoms with E-state index >= 15 is 0 Å². The zero-order valence-corrected chi connectivity index (χ0v) is 10.7. The van der Waals surface area contributed by atoms with Crippen LogP contribution in [0.1, 0.15) is 17.2 Å². The molecule has 2 aromatic rings. The molecule has 3 nitrogen and oxygen atoms in total. The van der Waals surface area contributed by atoms with Gasteiger partial charge < -0.3 is 9.84 Å². The Bertz CT molecular complexity index is 531. The van der Waals surface area contributed by atoms with Gasteiger partial charge in [-0.15, -0.1) is 0 Å². The minimum atomic E-state index is -0.417. The smallest absolute Gasteiger partial charge is 0.165 e. The topological polar surface area (TPSA) is 42.4 Å². The predicted octanol–water partition coefficient (Wildman–Crippen LogP) is 2.55. The summed E-state index contributed by atoms with van der Waals surface area (Å²) in [4.78, 5) is 4.22. The van der Waals surface area contributed by atoms with E-state index in [0.717, 1.165) is 11.3 Å². The first-order chi connectivity index (χ1) is 9.24. The molecular formula is C15H16FNO2. The van der Waals surface area contributed by atoms with E-state index in [1.807, 2.05) is 18.2 Å². The molecule has 2 rings (SSSR count). The number of benzene rings is 1. The molecule has 1 heterocycles. The van der Waals surface area contributed by atoms with E-state index in [4.69, 9.17) is 4.74 Å². The Balaban J connectivity index is 2.20. The van der Waals surface area contributed by atoms with Crippen molar-refractivity contribution in [2.24, 2.45) is 0 Å². The van der Waals surface area contributed by atoms with E-state index in [0.29, 0.717) is 6.42 Å². The first-order valence-electron chi connectivity index (χ1n) is 6.08.